The van der Waals surface area contributed by atoms with Gasteiger partial charge in [0.15, 0.2) is 0 Å². The van der Waals surface area contributed by atoms with Gasteiger partial charge in [-0.15, -0.1) is 0 Å². The van der Waals surface area contributed by atoms with Gasteiger partial charge in [0, 0.05) is 5.41 Å². The Hall–Kier alpha value is -0.560. The molecule has 3 fully saturated rings. The lowest BCUT2D eigenvalue weighted by molar-refractivity contribution is -0.145. The van der Waals surface area contributed by atoms with Crippen LogP contribution in [0.1, 0.15) is 113 Å². The topological polar surface area (TPSA) is 20.2 Å². The smallest absolute Gasteiger partial charge is 0.0628 e. The quantitative estimate of drug-likeness (QED) is 0.448. The van der Waals surface area contributed by atoms with Crippen molar-refractivity contribution in [2.24, 2.45) is 45.3 Å². The Morgan fingerprint density at radius 2 is 1.74 bits per heavy atom. The molecule has 8 atom stereocenters. The van der Waals surface area contributed by atoms with Crippen molar-refractivity contribution in [1.29, 1.82) is 0 Å². The summed E-state index contributed by atoms with van der Waals surface area (Å²) in [5.41, 5.74) is 4.37. The highest BCUT2D eigenvalue weighted by Crippen LogP contribution is 2.74. The Balaban J connectivity index is 1.62. The van der Waals surface area contributed by atoms with Gasteiger partial charge in [-0.1, -0.05) is 64.8 Å². The van der Waals surface area contributed by atoms with E-state index >= 15 is 0 Å². The third-order valence-corrected chi connectivity index (χ3v) is 11.8. The van der Waals surface area contributed by atoms with Gasteiger partial charge in [0.1, 0.15) is 0 Å². The summed E-state index contributed by atoms with van der Waals surface area (Å²) in [5.74, 6) is 3.18. The Labute approximate surface area is 193 Å². The molecule has 0 spiro atoms. The summed E-state index contributed by atoms with van der Waals surface area (Å²) in [6, 6.07) is 0. The van der Waals surface area contributed by atoms with Gasteiger partial charge >= 0.3 is 0 Å². The molecule has 0 bridgehead atoms. The molecule has 4 aliphatic carbocycles. The van der Waals surface area contributed by atoms with E-state index in [0.29, 0.717) is 22.2 Å². The molecular formula is C30H50O. The normalized spacial score (nSPS) is 46.9. The largest absolute Gasteiger partial charge is 0.392 e. The standard InChI is InChI=1S/C30H50O/c1-20(2)10-9-11-21(3)22-16-17-30(8)25-14-12-23-24(13-15-26(31)27(23,4)5)28(25,6)18-19-29(22,30)7/h10,12,21-22,24-26,31H,9,11,13-19H2,1-8H3/t21-,22-,24+,25-,26?,28+,29-,30+/m1/s1. The molecule has 1 heteroatoms. The molecule has 0 aromatic carbocycles. The lowest BCUT2D eigenvalue weighted by Crippen LogP contribution is -2.59. The maximum absolute atomic E-state index is 10.8. The van der Waals surface area contributed by atoms with E-state index < -0.39 is 0 Å². The number of hydrogen-bond acceptors (Lipinski definition) is 1. The minimum absolute atomic E-state index is 0.0454. The van der Waals surface area contributed by atoms with Gasteiger partial charge in [-0.05, 0) is 112 Å². The first-order valence-electron chi connectivity index (χ1n) is 13.4. The molecule has 1 nitrogen and oxygen atoms in total. The lowest BCUT2D eigenvalue weighted by Gasteiger charge is -2.66. The molecule has 0 amide bonds. The van der Waals surface area contributed by atoms with Gasteiger partial charge in [0.25, 0.3) is 0 Å². The number of hydrogen-bond donors (Lipinski definition) is 1. The van der Waals surface area contributed by atoms with Crippen LogP contribution in [0.15, 0.2) is 23.3 Å². The molecule has 0 aromatic heterocycles. The van der Waals surface area contributed by atoms with Crippen LogP contribution in [0.25, 0.3) is 0 Å². The molecule has 4 aliphatic rings. The molecule has 0 heterocycles. The zero-order valence-corrected chi connectivity index (χ0v) is 21.9. The average Bonchev–Trinajstić information content (AvgIpc) is 2.96. The second kappa shape index (κ2) is 7.75. The first kappa shape index (κ1) is 23.6. The van der Waals surface area contributed by atoms with E-state index in [0.717, 1.165) is 24.2 Å². The van der Waals surface area contributed by atoms with Gasteiger partial charge in [-0.25, -0.2) is 0 Å². The van der Waals surface area contributed by atoms with Crippen molar-refractivity contribution in [2.75, 3.05) is 0 Å². The van der Waals surface area contributed by atoms with Gasteiger partial charge in [0.05, 0.1) is 6.10 Å². The SMILES string of the molecule is CC(C)=CCC[C@@H](C)[C@H]1CC[C@@]2(C)[C@@H]3CC=C4[C@H](CCC(O)C4(C)C)[C@]3(C)CC[C@]12C. The van der Waals surface area contributed by atoms with Crippen LogP contribution in [0.2, 0.25) is 0 Å². The highest BCUT2D eigenvalue weighted by Gasteiger charge is 2.67. The van der Waals surface area contributed by atoms with Crippen molar-refractivity contribution in [2.45, 2.75) is 119 Å². The Bertz CT molecular complexity index is 754. The van der Waals surface area contributed by atoms with Crippen LogP contribution in [-0.4, -0.2) is 11.2 Å². The summed E-state index contributed by atoms with van der Waals surface area (Å²) < 4.78 is 0. The third-order valence-electron chi connectivity index (χ3n) is 11.8. The van der Waals surface area contributed by atoms with Crippen LogP contribution in [0, 0.1) is 45.3 Å². The minimum atomic E-state index is -0.169. The minimum Gasteiger partial charge on any atom is -0.392 e. The second-order valence-corrected chi connectivity index (χ2v) is 13.6. The summed E-state index contributed by atoms with van der Waals surface area (Å²) in [6.45, 7) is 19.7. The van der Waals surface area contributed by atoms with E-state index in [1.165, 1.54) is 56.9 Å². The summed E-state index contributed by atoms with van der Waals surface area (Å²) in [7, 11) is 0. The molecule has 0 aliphatic heterocycles. The fourth-order valence-corrected chi connectivity index (χ4v) is 9.47. The zero-order chi connectivity index (χ0) is 22.8. The fraction of sp³-hybridized carbons (Fsp3) is 0.867. The zero-order valence-electron chi connectivity index (χ0n) is 21.9. The van der Waals surface area contributed by atoms with E-state index in [-0.39, 0.29) is 11.5 Å². The van der Waals surface area contributed by atoms with Gasteiger partial charge < -0.3 is 5.11 Å². The highest BCUT2D eigenvalue weighted by atomic mass is 16.3. The van der Waals surface area contributed by atoms with Gasteiger partial charge in [-0.2, -0.15) is 0 Å². The summed E-state index contributed by atoms with van der Waals surface area (Å²) in [6.07, 6.45) is 16.5. The van der Waals surface area contributed by atoms with E-state index in [2.05, 4.69) is 67.5 Å². The second-order valence-electron chi connectivity index (χ2n) is 13.6. The Kier molecular flexibility index (Phi) is 5.90. The van der Waals surface area contributed by atoms with E-state index in [1.807, 2.05) is 0 Å². The van der Waals surface area contributed by atoms with Gasteiger partial charge in [-0.3, -0.25) is 0 Å². The maximum Gasteiger partial charge on any atom is 0.0628 e. The number of aliphatic hydroxyl groups is 1. The molecule has 1 N–H and O–H groups in total. The molecule has 0 aromatic rings. The first-order valence-corrected chi connectivity index (χ1v) is 13.4. The van der Waals surface area contributed by atoms with Crippen LogP contribution in [-0.2, 0) is 0 Å². The third kappa shape index (κ3) is 3.34. The van der Waals surface area contributed by atoms with E-state index in [1.54, 1.807) is 5.57 Å². The Morgan fingerprint density at radius 3 is 2.42 bits per heavy atom. The van der Waals surface area contributed by atoms with Crippen molar-refractivity contribution in [3.63, 3.8) is 0 Å². The number of fused-ring (bicyclic) bond motifs is 5. The van der Waals surface area contributed by atoms with Crippen LogP contribution < -0.4 is 0 Å². The Morgan fingerprint density at radius 1 is 1.03 bits per heavy atom. The fourth-order valence-electron chi connectivity index (χ4n) is 9.47. The molecular weight excluding hydrogens is 376 g/mol. The molecule has 176 valence electrons. The number of aliphatic hydroxyl groups excluding tert-OH is 1. The van der Waals surface area contributed by atoms with Crippen molar-refractivity contribution >= 4 is 0 Å². The van der Waals surface area contributed by atoms with Crippen molar-refractivity contribution < 1.29 is 5.11 Å². The predicted octanol–water partition coefficient (Wildman–Crippen LogP) is 8.34. The highest BCUT2D eigenvalue weighted by molar-refractivity contribution is 5.30. The molecule has 31 heavy (non-hydrogen) atoms. The lowest BCUT2D eigenvalue weighted by atomic mass is 9.39. The average molecular weight is 427 g/mol. The summed E-state index contributed by atoms with van der Waals surface area (Å²) in [4.78, 5) is 0. The van der Waals surface area contributed by atoms with Crippen molar-refractivity contribution in [1.82, 2.24) is 0 Å². The van der Waals surface area contributed by atoms with E-state index in [9.17, 15) is 5.11 Å². The first-order chi connectivity index (χ1) is 14.4. The molecule has 3 saturated carbocycles. The van der Waals surface area contributed by atoms with E-state index in [4.69, 9.17) is 0 Å². The molecule has 1 unspecified atom stereocenters. The van der Waals surface area contributed by atoms with Crippen molar-refractivity contribution in [3.05, 3.63) is 23.3 Å². The molecule has 4 rings (SSSR count). The number of allylic oxidation sites excluding steroid dienone is 3. The molecule has 0 radical (unpaired) electrons. The van der Waals surface area contributed by atoms with Crippen molar-refractivity contribution in [3.8, 4) is 0 Å². The predicted molar refractivity (Wildman–Crippen MR) is 133 cm³/mol. The summed E-state index contributed by atoms with van der Waals surface area (Å²) >= 11 is 0. The monoisotopic (exact) mass is 426 g/mol. The van der Waals surface area contributed by atoms with Crippen LogP contribution in [0.4, 0.5) is 0 Å². The summed E-state index contributed by atoms with van der Waals surface area (Å²) in [5, 5.41) is 10.8. The molecule has 0 saturated heterocycles. The van der Waals surface area contributed by atoms with Crippen LogP contribution in [0.5, 0.6) is 0 Å². The van der Waals surface area contributed by atoms with Gasteiger partial charge in [0.2, 0.25) is 0 Å². The van der Waals surface area contributed by atoms with Crippen LogP contribution >= 0.6 is 0 Å². The maximum atomic E-state index is 10.8. The van der Waals surface area contributed by atoms with Crippen LogP contribution in [0.3, 0.4) is 0 Å². The number of rotatable bonds is 4.